The zero-order valence-corrected chi connectivity index (χ0v) is 19.9. The Balaban J connectivity index is 1.42. The number of hydrazone groups is 1. The molecule has 1 amide bonds. The summed E-state index contributed by atoms with van der Waals surface area (Å²) < 4.78 is 5.31. The number of hydrogen-bond acceptors (Lipinski definition) is 6. The number of nitrogens with one attached hydrogen (secondary N) is 1. The molecule has 172 valence electrons. The average Bonchev–Trinajstić information content (AvgIpc) is 3.54. The van der Waals surface area contributed by atoms with Crippen LogP contribution in [0.25, 0.3) is 10.8 Å². The van der Waals surface area contributed by atoms with Crippen LogP contribution in [-0.4, -0.2) is 44.7 Å². The van der Waals surface area contributed by atoms with Gasteiger partial charge in [-0.15, -0.1) is 5.10 Å². The fourth-order valence-corrected chi connectivity index (χ4v) is 4.73. The number of aryl methyl sites for hydroxylation is 1. The molecule has 1 aromatic heterocycles. The van der Waals surface area contributed by atoms with E-state index in [1.807, 2.05) is 43.3 Å². The van der Waals surface area contributed by atoms with E-state index in [2.05, 4.69) is 45.5 Å². The number of carbonyl (C=O) groups is 1. The van der Waals surface area contributed by atoms with Crippen LogP contribution >= 0.6 is 11.8 Å². The molecule has 5 rings (SSSR count). The van der Waals surface area contributed by atoms with Gasteiger partial charge in [0.2, 0.25) is 5.16 Å². The minimum absolute atomic E-state index is 0.0792. The van der Waals surface area contributed by atoms with Gasteiger partial charge in [0, 0.05) is 12.8 Å². The molecule has 1 aliphatic heterocycles. The number of aromatic nitrogens is 3. The Labute approximate surface area is 202 Å². The van der Waals surface area contributed by atoms with Crippen molar-refractivity contribution in [2.45, 2.75) is 31.0 Å². The summed E-state index contributed by atoms with van der Waals surface area (Å²) in [6, 6.07) is 22.2. The molecule has 1 atom stereocenters. The molecule has 1 aliphatic rings. The molecule has 0 saturated heterocycles. The van der Waals surface area contributed by atoms with Crippen molar-refractivity contribution in [1.29, 1.82) is 0 Å². The first-order valence-electron chi connectivity index (χ1n) is 11.2. The van der Waals surface area contributed by atoms with Crippen molar-refractivity contribution in [2.24, 2.45) is 5.10 Å². The lowest BCUT2D eigenvalue weighted by Gasteiger charge is -2.22. The Bertz CT molecular complexity index is 1350. The van der Waals surface area contributed by atoms with Crippen LogP contribution in [0.5, 0.6) is 5.75 Å². The van der Waals surface area contributed by atoms with Gasteiger partial charge in [0.1, 0.15) is 11.6 Å². The molecule has 0 radical (unpaired) electrons. The molecule has 0 spiro atoms. The van der Waals surface area contributed by atoms with Crippen molar-refractivity contribution >= 4 is 34.2 Å². The van der Waals surface area contributed by atoms with E-state index in [-0.39, 0.29) is 17.7 Å². The molecule has 3 aromatic carbocycles. The van der Waals surface area contributed by atoms with Crippen LogP contribution < -0.4 is 4.74 Å². The number of aromatic amines is 1. The summed E-state index contributed by atoms with van der Waals surface area (Å²) in [4.78, 5) is 17.7. The highest BCUT2D eigenvalue weighted by Crippen LogP contribution is 2.35. The lowest BCUT2D eigenvalue weighted by atomic mass is 9.97. The third kappa shape index (κ3) is 4.54. The Morgan fingerprint density at radius 1 is 1.12 bits per heavy atom. The number of amides is 1. The fraction of sp³-hybridized carbons (Fsp3) is 0.231. The number of benzene rings is 3. The molecule has 0 aliphatic carbocycles. The minimum atomic E-state index is -0.182. The van der Waals surface area contributed by atoms with Crippen LogP contribution in [0.4, 0.5) is 0 Å². The first-order chi connectivity index (χ1) is 16.6. The number of methoxy groups -OCH3 is 1. The molecule has 34 heavy (non-hydrogen) atoms. The monoisotopic (exact) mass is 471 g/mol. The fourth-order valence-electron chi connectivity index (χ4n) is 4.06. The van der Waals surface area contributed by atoms with Gasteiger partial charge in [-0.1, -0.05) is 67.2 Å². The largest absolute Gasteiger partial charge is 0.497 e. The molecular formula is C26H25N5O2S. The highest BCUT2D eigenvalue weighted by atomic mass is 32.2. The van der Waals surface area contributed by atoms with E-state index in [0.717, 1.165) is 40.2 Å². The molecule has 0 saturated carbocycles. The van der Waals surface area contributed by atoms with Crippen molar-refractivity contribution in [1.82, 2.24) is 20.2 Å². The zero-order valence-electron chi connectivity index (χ0n) is 19.1. The van der Waals surface area contributed by atoms with Gasteiger partial charge in [-0.2, -0.15) is 5.10 Å². The van der Waals surface area contributed by atoms with Crippen molar-refractivity contribution in [2.75, 3.05) is 12.9 Å². The number of carbonyl (C=O) groups excluding carboxylic acids is 1. The SMILES string of the molecule is CCc1nc(SCC(=O)N2N=C(c3ccc4ccccc4c3)CC2c2ccc(OC)cc2)n[nH]1. The Hall–Kier alpha value is -3.65. The van der Waals surface area contributed by atoms with Crippen molar-refractivity contribution in [3.05, 3.63) is 83.7 Å². The standard InChI is InChI=1S/C26H25N5O2S/c1-3-24-27-26(29-28-24)34-16-25(32)31-23(18-10-12-21(33-2)13-11-18)15-22(30-31)20-9-8-17-6-4-5-7-19(17)14-20/h4-14,23H,3,15-16H2,1-2H3,(H,27,28,29). The lowest BCUT2D eigenvalue weighted by Crippen LogP contribution is -2.28. The van der Waals surface area contributed by atoms with Gasteiger partial charge < -0.3 is 4.74 Å². The summed E-state index contributed by atoms with van der Waals surface area (Å²) >= 11 is 1.32. The summed E-state index contributed by atoms with van der Waals surface area (Å²) in [6.45, 7) is 2.01. The second-order valence-electron chi connectivity index (χ2n) is 8.05. The summed E-state index contributed by atoms with van der Waals surface area (Å²) in [6.07, 6.45) is 1.41. The number of thioether (sulfide) groups is 1. The lowest BCUT2D eigenvalue weighted by molar-refractivity contribution is -0.130. The molecule has 4 aromatic rings. The third-order valence-corrected chi connectivity index (χ3v) is 6.75. The van der Waals surface area contributed by atoms with Crippen LogP contribution in [0, 0.1) is 0 Å². The van der Waals surface area contributed by atoms with E-state index in [1.165, 1.54) is 17.1 Å². The maximum atomic E-state index is 13.3. The molecule has 8 heteroatoms. The predicted octanol–water partition coefficient (Wildman–Crippen LogP) is 5.00. The number of hydrogen-bond donors (Lipinski definition) is 1. The molecular weight excluding hydrogens is 446 g/mol. The van der Waals surface area contributed by atoms with Gasteiger partial charge >= 0.3 is 0 Å². The minimum Gasteiger partial charge on any atom is -0.497 e. The maximum absolute atomic E-state index is 13.3. The highest BCUT2D eigenvalue weighted by Gasteiger charge is 2.33. The quantitative estimate of drug-likeness (QED) is 0.384. The van der Waals surface area contributed by atoms with E-state index >= 15 is 0 Å². The second-order valence-corrected chi connectivity index (χ2v) is 8.99. The highest BCUT2D eigenvalue weighted by molar-refractivity contribution is 7.99. The molecule has 1 N–H and O–H groups in total. The van der Waals surface area contributed by atoms with E-state index in [9.17, 15) is 4.79 Å². The Morgan fingerprint density at radius 2 is 1.91 bits per heavy atom. The molecule has 7 nitrogen and oxygen atoms in total. The molecule has 2 heterocycles. The van der Waals surface area contributed by atoms with Crippen molar-refractivity contribution in [3.8, 4) is 5.75 Å². The van der Waals surface area contributed by atoms with E-state index in [0.29, 0.717) is 11.6 Å². The number of ether oxygens (including phenoxy) is 1. The van der Waals surface area contributed by atoms with Gasteiger partial charge in [-0.25, -0.2) is 9.99 Å². The normalized spacial score (nSPS) is 15.5. The molecule has 0 bridgehead atoms. The predicted molar refractivity (Wildman–Crippen MR) is 134 cm³/mol. The smallest absolute Gasteiger partial charge is 0.253 e. The molecule has 1 unspecified atom stereocenters. The van der Waals surface area contributed by atoms with Crippen LogP contribution in [0.1, 0.15) is 36.3 Å². The van der Waals surface area contributed by atoms with Crippen LogP contribution in [-0.2, 0) is 11.2 Å². The summed E-state index contributed by atoms with van der Waals surface area (Å²) in [5.41, 5.74) is 2.95. The zero-order chi connectivity index (χ0) is 23.5. The van der Waals surface area contributed by atoms with Crippen LogP contribution in [0.2, 0.25) is 0 Å². The summed E-state index contributed by atoms with van der Waals surface area (Å²) in [5.74, 6) is 1.72. The summed E-state index contributed by atoms with van der Waals surface area (Å²) in [7, 11) is 1.64. The van der Waals surface area contributed by atoms with Gasteiger partial charge in [-0.05, 0) is 40.1 Å². The first kappa shape index (κ1) is 22.2. The first-order valence-corrected chi connectivity index (χ1v) is 12.2. The van der Waals surface area contributed by atoms with Crippen LogP contribution in [0.15, 0.2) is 77.0 Å². The van der Waals surface area contributed by atoms with E-state index < -0.39 is 0 Å². The molecule has 0 fully saturated rings. The second kappa shape index (κ2) is 9.69. The van der Waals surface area contributed by atoms with Gasteiger partial charge in [-0.3, -0.25) is 9.89 Å². The summed E-state index contributed by atoms with van der Waals surface area (Å²) in [5, 5.41) is 16.4. The Kier molecular flexibility index (Phi) is 6.31. The Morgan fingerprint density at radius 3 is 2.65 bits per heavy atom. The van der Waals surface area contributed by atoms with Gasteiger partial charge in [0.15, 0.2) is 0 Å². The topological polar surface area (TPSA) is 83.5 Å². The number of nitrogens with zero attached hydrogens (tertiary/aromatic N) is 4. The third-order valence-electron chi connectivity index (χ3n) is 5.92. The van der Waals surface area contributed by atoms with Gasteiger partial charge in [0.25, 0.3) is 5.91 Å². The average molecular weight is 472 g/mol. The van der Waals surface area contributed by atoms with Crippen molar-refractivity contribution in [3.63, 3.8) is 0 Å². The van der Waals surface area contributed by atoms with Crippen molar-refractivity contribution < 1.29 is 9.53 Å². The number of rotatable bonds is 7. The van der Waals surface area contributed by atoms with Gasteiger partial charge in [0.05, 0.1) is 24.6 Å². The van der Waals surface area contributed by atoms with E-state index in [1.54, 1.807) is 12.1 Å². The van der Waals surface area contributed by atoms with Crippen LogP contribution in [0.3, 0.4) is 0 Å². The number of fused-ring (bicyclic) bond motifs is 1. The number of H-pyrrole nitrogens is 1. The van der Waals surface area contributed by atoms with E-state index in [4.69, 9.17) is 9.84 Å². The maximum Gasteiger partial charge on any atom is 0.253 e.